The first kappa shape index (κ1) is 23.8. The van der Waals surface area contributed by atoms with Crippen molar-refractivity contribution >= 4 is 18.0 Å². The van der Waals surface area contributed by atoms with Crippen LogP contribution in [0.2, 0.25) is 0 Å². The van der Waals surface area contributed by atoms with Gasteiger partial charge >= 0.3 is 12.1 Å². The number of carboxylic acids is 1. The average Bonchev–Trinajstić information content (AvgIpc) is 3.59. The molecule has 2 aromatic carbocycles. The molecule has 2 atom stereocenters. The Kier molecular flexibility index (Phi) is 7.20. The zero-order chi connectivity index (χ0) is 24.2. The number of aliphatic carboxylic acids is 1. The van der Waals surface area contributed by atoms with Crippen molar-refractivity contribution in [2.45, 2.75) is 57.5 Å². The van der Waals surface area contributed by atoms with Gasteiger partial charge in [-0.1, -0.05) is 62.4 Å². The fraction of sp³-hybridized carbons (Fsp3) is 0.444. The lowest BCUT2D eigenvalue weighted by Gasteiger charge is -2.24. The lowest BCUT2D eigenvalue weighted by molar-refractivity contribution is -0.137. The summed E-state index contributed by atoms with van der Waals surface area (Å²) in [5.74, 6) is -0.975. The molecule has 0 aromatic heterocycles. The molecule has 3 N–H and O–H groups in total. The van der Waals surface area contributed by atoms with Gasteiger partial charge in [-0.3, -0.25) is 9.59 Å². The van der Waals surface area contributed by atoms with Gasteiger partial charge in [-0.2, -0.15) is 0 Å². The molecule has 0 heterocycles. The van der Waals surface area contributed by atoms with Crippen LogP contribution in [0.15, 0.2) is 48.5 Å². The molecular weight excluding hydrogens is 432 g/mol. The molecule has 0 aliphatic heterocycles. The van der Waals surface area contributed by atoms with Crippen molar-refractivity contribution in [1.29, 1.82) is 0 Å². The van der Waals surface area contributed by atoms with E-state index in [9.17, 15) is 14.4 Å². The van der Waals surface area contributed by atoms with Gasteiger partial charge < -0.3 is 20.5 Å². The van der Waals surface area contributed by atoms with Crippen molar-refractivity contribution < 1.29 is 24.2 Å². The maximum Gasteiger partial charge on any atom is 0.407 e. The lowest BCUT2D eigenvalue weighted by Crippen LogP contribution is -2.45. The van der Waals surface area contributed by atoms with Gasteiger partial charge in [0.2, 0.25) is 5.91 Å². The summed E-state index contributed by atoms with van der Waals surface area (Å²) in [6.45, 7) is 4.06. The van der Waals surface area contributed by atoms with E-state index >= 15 is 0 Å². The molecule has 7 heteroatoms. The van der Waals surface area contributed by atoms with Crippen molar-refractivity contribution in [2.24, 2.45) is 11.8 Å². The molecule has 0 saturated heterocycles. The number of rotatable bonds is 10. The van der Waals surface area contributed by atoms with Crippen molar-refractivity contribution in [3.05, 3.63) is 59.7 Å². The van der Waals surface area contributed by atoms with Crippen LogP contribution in [0.25, 0.3) is 11.1 Å². The fourth-order valence-corrected chi connectivity index (χ4v) is 4.73. The highest BCUT2D eigenvalue weighted by atomic mass is 16.5. The zero-order valence-electron chi connectivity index (χ0n) is 19.6. The van der Waals surface area contributed by atoms with Crippen LogP contribution < -0.4 is 10.6 Å². The second-order valence-corrected chi connectivity index (χ2v) is 9.63. The second-order valence-electron chi connectivity index (χ2n) is 9.63. The normalized spacial score (nSPS) is 16.3. The quantitative estimate of drug-likeness (QED) is 0.486. The summed E-state index contributed by atoms with van der Waals surface area (Å²) in [4.78, 5) is 36.4. The molecular formula is C27H32N2O5. The van der Waals surface area contributed by atoms with Crippen LogP contribution in [0.3, 0.4) is 0 Å². The van der Waals surface area contributed by atoms with E-state index in [1.165, 1.54) is 0 Å². The largest absolute Gasteiger partial charge is 0.481 e. The van der Waals surface area contributed by atoms with Gasteiger partial charge in [-0.25, -0.2) is 4.79 Å². The van der Waals surface area contributed by atoms with Crippen LogP contribution in [-0.4, -0.2) is 41.8 Å². The first-order chi connectivity index (χ1) is 16.3. The van der Waals surface area contributed by atoms with E-state index in [-0.39, 0.29) is 49.2 Å². The number of hydrogen-bond acceptors (Lipinski definition) is 4. The highest BCUT2D eigenvalue weighted by Crippen LogP contribution is 2.44. The molecule has 0 bridgehead atoms. The molecule has 1 saturated carbocycles. The summed E-state index contributed by atoms with van der Waals surface area (Å²) in [7, 11) is 0. The SMILES string of the molecule is CC(C)[C@H](CC(=O)NC(CC(=O)O)C1CC1)NC(=O)OCC1c2ccccc2-c2ccccc21. The Balaban J connectivity index is 1.34. The van der Waals surface area contributed by atoms with Crippen LogP contribution in [0.1, 0.15) is 56.6 Å². The number of carboxylic acid groups (broad SMARTS) is 1. The summed E-state index contributed by atoms with van der Waals surface area (Å²) in [5, 5.41) is 14.8. The zero-order valence-corrected chi connectivity index (χ0v) is 19.6. The van der Waals surface area contributed by atoms with E-state index < -0.39 is 18.1 Å². The number of benzene rings is 2. The van der Waals surface area contributed by atoms with Crippen LogP contribution in [0.4, 0.5) is 4.79 Å². The monoisotopic (exact) mass is 464 g/mol. The average molecular weight is 465 g/mol. The van der Waals surface area contributed by atoms with E-state index in [2.05, 4.69) is 34.9 Å². The number of alkyl carbamates (subject to hydrolysis) is 1. The van der Waals surface area contributed by atoms with Crippen LogP contribution in [-0.2, 0) is 14.3 Å². The topological polar surface area (TPSA) is 105 Å². The Labute approximate surface area is 199 Å². The molecule has 0 radical (unpaired) electrons. The van der Waals surface area contributed by atoms with Crippen molar-refractivity contribution in [1.82, 2.24) is 10.6 Å². The van der Waals surface area contributed by atoms with Gasteiger partial charge in [0.25, 0.3) is 0 Å². The second kappa shape index (κ2) is 10.3. The lowest BCUT2D eigenvalue weighted by atomic mass is 9.98. The van der Waals surface area contributed by atoms with Crippen LogP contribution >= 0.6 is 0 Å². The summed E-state index contributed by atoms with van der Waals surface area (Å²) >= 11 is 0. The van der Waals surface area contributed by atoms with Crippen molar-refractivity contribution in [3.8, 4) is 11.1 Å². The first-order valence-electron chi connectivity index (χ1n) is 12.0. The van der Waals surface area contributed by atoms with Gasteiger partial charge in [-0.15, -0.1) is 0 Å². The predicted molar refractivity (Wildman–Crippen MR) is 128 cm³/mol. The molecule has 2 aliphatic rings. The van der Waals surface area contributed by atoms with Crippen molar-refractivity contribution in [2.75, 3.05) is 6.61 Å². The highest BCUT2D eigenvalue weighted by Gasteiger charge is 2.34. The minimum Gasteiger partial charge on any atom is -0.481 e. The van der Waals surface area contributed by atoms with E-state index in [1.54, 1.807) is 0 Å². The molecule has 0 spiro atoms. The number of amides is 2. The van der Waals surface area contributed by atoms with Gasteiger partial charge in [-0.05, 0) is 46.9 Å². The fourth-order valence-electron chi connectivity index (χ4n) is 4.73. The molecule has 34 heavy (non-hydrogen) atoms. The highest BCUT2D eigenvalue weighted by molar-refractivity contribution is 5.80. The molecule has 2 aromatic rings. The third kappa shape index (κ3) is 5.58. The maximum atomic E-state index is 12.7. The standard InChI is InChI=1S/C27H32N2O5/c1-16(2)23(13-25(30)28-24(14-26(31)32)17-11-12-17)29-27(33)34-15-22-20-9-5-3-7-18(20)19-8-4-6-10-21(19)22/h3-10,16-17,22-24H,11-15H2,1-2H3,(H,28,30)(H,29,33)(H,31,32)/t23-,24?/m0/s1. The third-order valence-corrected chi connectivity index (χ3v) is 6.79. The molecule has 2 amide bonds. The van der Waals surface area contributed by atoms with E-state index in [0.717, 1.165) is 35.1 Å². The minimum atomic E-state index is -0.922. The van der Waals surface area contributed by atoms with Gasteiger partial charge in [0.05, 0.1) is 6.42 Å². The molecule has 1 fully saturated rings. The first-order valence-corrected chi connectivity index (χ1v) is 12.0. The van der Waals surface area contributed by atoms with Gasteiger partial charge in [0.15, 0.2) is 0 Å². The molecule has 7 nitrogen and oxygen atoms in total. The number of nitrogens with one attached hydrogen (secondary N) is 2. The minimum absolute atomic E-state index is 0.00470. The van der Waals surface area contributed by atoms with E-state index in [0.29, 0.717) is 0 Å². The summed E-state index contributed by atoms with van der Waals surface area (Å²) in [5.41, 5.74) is 4.60. The number of hydrogen-bond donors (Lipinski definition) is 3. The Hall–Kier alpha value is -3.35. The number of fused-ring (bicyclic) bond motifs is 3. The Morgan fingerprint density at radius 3 is 2.06 bits per heavy atom. The summed E-state index contributed by atoms with van der Waals surface area (Å²) in [6, 6.07) is 15.5. The number of carbonyl (C=O) groups excluding carboxylic acids is 2. The van der Waals surface area contributed by atoms with E-state index in [4.69, 9.17) is 9.84 Å². The Bertz CT molecular complexity index is 1020. The van der Waals surface area contributed by atoms with Crippen molar-refractivity contribution in [3.63, 3.8) is 0 Å². The molecule has 4 rings (SSSR count). The Morgan fingerprint density at radius 2 is 1.53 bits per heavy atom. The van der Waals surface area contributed by atoms with Gasteiger partial charge in [0.1, 0.15) is 6.61 Å². The van der Waals surface area contributed by atoms with Gasteiger partial charge in [0, 0.05) is 24.4 Å². The molecule has 180 valence electrons. The number of carbonyl (C=O) groups is 3. The Morgan fingerprint density at radius 1 is 0.941 bits per heavy atom. The van der Waals surface area contributed by atoms with E-state index in [1.807, 2.05) is 38.1 Å². The maximum absolute atomic E-state index is 12.7. The van der Waals surface area contributed by atoms with Crippen LogP contribution in [0.5, 0.6) is 0 Å². The molecule has 2 aliphatic carbocycles. The third-order valence-electron chi connectivity index (χ3n) is 6.79. The smallest absolute Gasteiger partial charge is 0.407 e. The van der Waals surface area contributed by atoms with Crippen LogP contribution in [0, 0.1) is 11.8 Å². The summed E-state index contributed by atoms with van der Waals surface area (Å²) < 4.78 is 5.62. The summed E-state index contributed by atoms with van der Waals surface area (Å²) in [6.07, 6.45) is 1.30. The molecule has 1 unspecified atom stereocenters. The predicted octanol–water partition coefficient (Wildman–Crippen LogP) is 4.31. The number of ether oxygens (including phenoxy) is 1.